The summed E-state index contributed by atoms with van der Waals surface area (Å²) in [7, 11) is 0. The average Bonchev–Trinajstić information content (AvgIpc) is 2.46. The van der Waals surface area contributed by atoms with E-state index in [0.29, 0.717) is 5.75 Å². The summed E-state index contributed by atoms with van der Waals surface area (Å²) in [4.78, 5) is 35.8. The number of carbonyl (C=O) groups is 3. The molecular weight excluding hydrogens is 250 g/mol. The normalized spacial score (nSPS) is 18.6. The van der Waals surface area contributed by atoms with Gasteiger partial charge in [-0.25, -0.2) is 0 Å². The summed E-state index contributed by atoms with van der Waals surface area (Å²) in [6.07, 6.45) is -1.10. The Morgan fingerprint density at radius 2 is 2.05 bits per heavy atom. The zero-order valence-corrected chi connectivity index (χ0v) is 10.3. The summed E-state index contributed by atoms with van der Waals surface area (Å²) in [5, 5.41) is 8.67. The van der Waals surface area contributed by atoms with Crippen molar-refractivity contribution in [3.63, 3.8) is 0 Å². The van der Waals surface area contributed by atoms with Crippen LogP contribution in [0.5, 0.6) is 5.75 Å². The number of amides is 2. The molecule has 0 saturated carbocycles. The van der Waals surface area contributed by atoms with Crippen molar-refractivity contribution in [1.29, 1.82) is 0 Å². The minimum absolute atomic E-state index is 0.158. The third kappa shape index (κ3) is 2.57. The van der Waals surface area contributed by atoms with E-state index >= 15 is 0 Å². The Morgan fingerprint density at radius 3 is 2.74 bits per heavy atom. The van der Waals surface area contributed by atoms with Crippen LogP contribution in [0.1, 0.15) is 23.7 Å². The van der Waals surface area contributed by atoms with Gasteiger partial charge >= 0.3 is 5.97 Å². The first-order valence-corrected chi connectivity index (χ1v) is 5.84. The molecule has 100 valence electrons. The fraction of sp³-hybridized carbons (Fsp3) is 0.308. The lowest BCUT2D eigenvalue weighted by atomic mass is 10.1. The number of aliphatic carboxylic acids is 1. The second-order valence-corrected chi connectivity index (χ2v) is 4.20. The highest BCUT2D eigenvalue weighted by Gasteiger charge is 2.33. The van der Waals surface area contributed by atoms with E-state index in [2.05, 4.69) is 0 Å². The molecule has 6 heteroatoms. The number of carboxylic acids is 1. The summed E-state index contributed by atoms with van der Waals surface area (Å²) in [6, 6.07) is 6.53. The number of nitrogens with zero attached hydrogens (tertiary/aromatic N) is 1. The lowest BCUT2D eigenvalue weighted by molar-refractivity contribution is -0.138. The maximum absolute atomic E-state index is 12.2. The van der Waals surface area contributed by atoms with Crippen LogP contribution in [0, 0.1) is 0 Å². The Labute approximate surface area is 109 Å². The molecule has 1 aliphatic heterocycles. The van der Waals surface area contributed by atoms with Crippen LogP contribution in [-0.4, -0.2) is 40.4 Å². The Kier molecular flexibility index (Phi) is 3.50. The number of fused-ring (bicyclic) bond motifs is 1. The summed E-state index contributed by atoms with van der Waals surface area (Å²) < 4.78 is 5.42. The highest BCUT2D eigenvalue weighted by molar-refractivity contribution is 6.08. The van der Waals surface area contributed by atoms with Gasteiger partial charge in [-0.3, -0.25) is 19.3 Å². The molecule has 19 heavy (non-hydrogen) atoms. The summed E-state index contributed by atoms with van der Waals surface area (Å²) in [5.41, 5.74) is 0.269. The zero-order chi connectivity index (χ0) is 14.0. The molecule has 0 fully saturated rings. The van der Waals surface area contributed by atoms with Gasteiger partial charge in [-0.2, -0.15) is 0 Å². The summed E-state index contributed by atoms with van der Waals surface area (Å²) in [6.45, 7) is 1.38. The van der Waals surface area contributed by atoms with Gasteiger partial charge < -0.3 is 9.84 Å². The third-order valence-electron chi connectivity index (χ3n) is 2.83. The molecule has 1 N–H and O–H groups in total. The molecule has 0 bridgehead atoms. The van der Waals surface area contributed by atoms with E-state index in [1.54, 1.807) is 24.3 Å². The van der Waals surface area contributed by atoms with Crippen molar-refractivity contribution in [3.05, 3.63) is 29.8 Å². The van der Waals surface area contributed by atoms with E-state index < -0.39 is 23.9 Å². The van der Waals surface area contributed by atoms with E-state index in [1.807, 2.05) is 0 Å². The van der Waals surface area contributed by atoms with Crippen molar-refractivity contribution in [2.45, 2.75) is 19.4 Å². The minimum atomic E-state index is -1.06. The smallest absolute Gasteiger partial charge is 0.305 e. The monoisotopic (exact) mass is 263 g/mol. The molecule has 1 unspecified atom stereocenters. The molecule has 2 amide bonds. The number of para-hydroxylation sites is 1. The molecule has 0 spiro atoms. The fourth-order valence-electron chi connectivity index (χ4n) is 1.87. The lowest BCUT2D eigenvalue weighted by Gasteiger charge is -2.19. The maximum atomic E-state index is 12.2. The van der Waals surface area contributed by atoms with E-state index in [-0.39, 0.29) is 18.5 Å². The van der Waals surface area contributed by atoms with Crippen LogP contribution in [0.3, 0.4) is 0 Å². The van der Waals surface area contributed by atoms with Gasteiger partial charge in [0.15, 0.2) is 6.10 Å². The Balaban J connectivity index is 2.35. The van der Waals surface area contributed by atoms with Crippen LogP contribution in [0.4, 0.5) is 0 Å². The van der Waals surface area contributed by atoms with Gasteiger partial charge in [0, 0.05) is 6.54 Å². The number of ether oxygens (including phenoxy) is 1. The first kappa shape index (κ1) is 13.1. The second-order valence-electron chi connectivity index (χ2n) is 4.20. The third-order valence-corrected chi connectivity index (χ3v) is 2.83. The summed E-state index contributed by atoms with van der Waals surface area (Å²) in [5.74, 6) is -1.77. The highest BCUT2D eigenvalue weighted by atomic mass is 16.5. The molecule has 0 saturated heterocycles. The number of hydrogen-bond acceptors (Lipinski definition) is 4. The van der Waals surface area contributed by atoms with Crippen molar-refractivity contribution in [3.8, 4) is 5.75 Å². The van der Waals surface area contributed by atoms with Gasteiger partial charge in [0.1, 0.15) is 5.75 Å². The largest absolute Gasteiger partial charge is 0.481 e. The van der Waals surface area contributed by atoms with Crippen LogP contribution in [0.2, 0.25) is 0 Å². The van der Waals surface area contributed by atoms with Gasteiger partial charge in [0.2, 0.25) is 0 Å². The van der Waals surface area contributed by atoms with Crippen molar-refractivity contribution >= 4 is 17.8 Å². The van der Waals surface area contributed by atoms with Crippen LogP contribution in [-0.2, 0) is 9.59 Å². The van der Waals surface area contributed by atoms with Gasteiger partial charge in [-0.1, -0.05) is 12.1 Å². The zero-order valence-electron chi connectivity index (χ0n) is 10.3. The van der Waals surface area contributed by atoms with Crippen LogP contribution in [0.15, 0.2) is 24.3 Å². The van der Waals surface area contributed by atoms with Gasteiger partial charge in [-0.05, 0) is 19.1 Å². The van der Waals surface area contributed by atoms with Crippen molar-refractivity contribution < 1.29 is 24.2 Å². The van der Waals surface area contributed by atoms with E-state index in [1.165, 1.54) is 6.92 Å². The Hall–Kier alpha value is -2.37. The SMILES string of the molecule is CC1Oc2ccccc2C(=O)N(CCC(=O)O)C1=O. The van der Waals surface area contributed by atoms with Crippen molar-refractivity contribution in [1.82, 2.24) is 4.90 Å². The van der Waals surface area contributed by atoms with E-state index in [9.17, 15) is 14.4 Å². The Bertz CT molecular complexity index is 540. The molecule has 1 aromatic rings. The first-order valence-electron chi connectivity index (χ1n) is 5.84. The number of rotatable bonds is 3. The number of hydrogen-bond donors (Lipinski definition) is 1. The minimum Gasteiger partial charge on any atom is -0.481 e. The maximum Gasteiger partial charge on any atom is 0.305 e. The predicted octanol–water partition coefficient (Wildman–Crippen LogP) is 0.911. The molecule has 1 atom stereocenters. The molecule has 1 heterocycles. The molecule has 0 radical (unpaired) electrons. The highest BCUT2D eigenvalue weighted by Crippen LogP contribution is 2.25. The number of benzene rings is 1. The number of imide groups is 1. The molecule has 6 nitrogen and oxygen atoms in total. The molecule has 1 aromatic carbocycles. The van der Waals surface area contributed by atoms with Gasteiger partial charge in [0.05, 0.1) is 12.0 Å². The standard InChI is InChI=1S/C13H13NO5/c1-8-12(17)14(7-6-11(15)16)13(18)9-4-2-3-5-10(9)19-8/h2-5,8H,6-7H2,1H3,(H,15,16). The Morgan fingerprint density at radius 1 is 1.37 bits per heavy atom. The quantitative estimate of drug-likeness (QED) is 0.819. The molecule has 0 aromatic heterocycles. The van der Waals surface area contributed by atoms with Crippen molar-refractivity contribution in [2.75, 3.05) is 6.54 Å². The average molecular weight is 263 g/mol. The molecule has 1 aliphatic rings. The number of carbonyl (C=O) groups excluding carboxylic acids is 2. The topological polar surface area (TPSA) is 83.9 Å². The molecule has 2 rings (SSSR count). The molecule has 0 aliphatic carbocycles. The van der Waals surface area contributed by atoms with E-state index in [4.69, 9.17) is 9.84 Å². The van der Waals surface area contributed by atoms with Crippen molar-refractivity contribution in [2.24, 2.45) is 0 Å². The van der Waals surface area contributed by atoms with Crippen LogP contribution < -0.4 is 4.74 Å². The molecular formula is C13H13NO5. The van der Waals surface area contributed by atoms with Crippen LogP contribution >= 0.6 is 0 Å². The summed E-state index contributed by atoms with van der Waals surface area (Å²) >= 11 is 0. The lowest BCUT2D eigenvalue weighted by Crippen LogP contribution is -2.42. The van der Waals surface area contributed by atoms with E-state index in [0.717, 1.165) is 4.90 Å². The number of carboxylic acid groups (broad SMARTS) is 1. The van der Waals surface area contributed by atoms with Gasteiger partial charge in [0.25, 0.3) is 11.8 Å². The second kappa shape index (κ2) is 5.09. The predicted molar refractivity (Wildman–Crippen MR) is 64.8 cm³/mol. The van der Waals surface area contributed by atoms with Gasteiger partial charge in [-0.15, -0.1) is 0 Å². The van der Waals surface area contributed by atoms with Crippen LogP contribution in [0.25, 0.3) is 0 Å². The fourth-order valence-corrected chi connectivity index (χ4v) is 1.87. The first-order chi connectivity index (χ1) is 9.00.